The first kappa shape index (κ1) is 15.1. The highest BCUT2D eigenvalue weighted by molar-refractivity contribution is 6.95. The summed E-state index contributed by atoms with van der Waals surface area (Å²) in [5.41, 5.74) is 1.61. The molecule has 2 rings (SSSR count). The summed E-state index contributed by atoms with van der Waals surface area (Å²) in [6.45, 7) is 7.22. The molecule has 0 aliphatic heterocycles. The predicted molar refractivity (Wildman–Crippen MR) is 90.4 cm³/mol. The lowest BCUT2D eigenvalue weighted by molar-refractivity contribution is 0.415. The maximum atomic E-state index is 5.27. The van der Waals surface area contributed by atoms with Crippen LogP contribution in [-0.2, 0) is 0 Å². The standard InChI is InChI=1S/C18H26OSi/c1-5-6-8-15-9-7-10-18(15)20(3,4)17-13-11-16(19-2)12-14-17/h7,9,11-14H,5-6,8,10H2,1-4H3. The highest BCUT2D eigenvalue weighted by atomic mass is 28.3. The fourth-order valence-corrected chi connectivity index (χ4v) is 5.98. The zero-order chi connectivity index (χ0) is 14.6. The molecule has 0 fully saturated rings. The zero-order valence-electron chi connectivity index (χ0n) is 13.2. The summed E-state index contributed by atoms with van der Waals surface area (Å²) in [4.78, 5) is 0. The Hall–Kier alpha value is -1.28. The Morgan fingerprint density at radius 2 is 1.85 bits per heavy atom. The molecule has 0 saturated carbocycles. The SMILES string of the molecule is CCCCC1=C([Si](C)(C)c2ccc(OC)cc2)CC=C1. The Balaban J connectivity index is 2.28. The third-order valence-electron chi connectivity index (χ3n) is 4.39. The van der Waals surface area contributed by atoms with Crippen LogP contribution in [0.3, 0.4) is 0 Å². The minimum atomic E-state index is -1.53. The summed E-state index contributed by atoms with van der Waals surface area (Å²) in [6.07, 6.45) is 9.69. The van der Waals surface area contributed by atoms with E-state index in [1.54, 1.807) is 17.9 Å². The number of ether oxygens (including phenoxy) is 1. The van der Waals surface area contributed by atoms with Gasteiger partial charge in [0.25, 0.3) is 0 Å². The van der Waals surface area contributed by atoms with Gasteiger partial charge < -0.3 is 4.74 Å². The number of hydrogen-bond acceptors (Lipinski definition) is 1. The van der Waals surface area contributed by atoms with Crippen LogP contribution in [0.15, 0.2) is 47.2 Å². The topological polar surface area (TPSA) is 9.23 Å². The lowest BCUT2D eigenvalue weighted by Crippen LogP contribution is -2.43. The van der Waals surface area contributed by atoms with Crippen LogP contribution in [0.4, 0.5) is 0 Å². The second-order valence-electron chi connectivity index (χ2n) is 6.07. The minimum absolute atomic E-state index is 0.947. The van der Waals surface area contributed by atoms with Crippen LogP contribution >= 0.6 is 0 Å². The summed E-state index contributed by atoms with van der Waals surface area (Å²) < 4.78 is 5.27. The van der Waals surface area contributed by atoms with Gasteiger partial charge in [-0.2, -0.15) is 0 Å². The molecule has 0 atom stereocenters. The van der Waals surface area contributed by atoms with Crippen molar-refractivity contribution in [2.24, 2.45) is 0 Å². The first-order chi connectivity index (χ1) is 9.59. The quantitative estimate of drug-likeness (QED) is 0.695. The molecule has 1 aliphatic carbocycles. The van der Waals surface area contributed by atoms with Crippen LogP contribution in [0.25, 0.3) is 0 Å². The smallest absolute Gasteiger partial charge is 0.118 e. The average Bonchev–Trinajstić information content (AvgIpc) is 2.94. The first-order valence-corrected chi connectivity index (χ1v) is 10.6. The lowest BCUT2D eigenvalue weighted by Gasteiger charge is -2.27. The van der Waals surface area contributed by atoms with Crippen molar-refractivity contribution in [3.8, 4) is 5.75 Å². The molecule has 1 aromatic rings. The van der Waals surface area contributed by atoms with Crippen LogP contribution in [0.2, 0.25) is 13.1 Å². The van der Waals surface area contributed by atoms with Crippen LogP contribution < -0.4 is 9.92 Å². The Morgan fingerprint density at radius 3 is 2.45 bits per heavy atom. The Morgan fingerprint density at radius 1 is 1.15 bits per heavy atom. The van der Waals surface area contributed by atoms with Gasteiger partial charge in [-0.05, 0) is 31.4 Å². The molecule has 20 heavy (non-hydrogen) atoms. The lowest BCUT2D eigenvalue weighted by atomic mass is 10.1. The largest absolute Gasteiger partial charge is 0.497 e. The van der Waals surface area contributed by atoms with Gasteiger partial charge in [0.15, 0.2) is 0 Å². The third-order valence-corrected chi connectivity index (χ3v) is 8.21. The van der Waals surface area contributed by atoms with Crippen LogP contribution in [0.5, 0.6) is 5.75 Å². The molecule has 0 radical (unpaired) electrons. The molecule has 0 N–H and O–H groups in total. The second kappa shape index (κ2) is 6.44. The van der Waals surface area contributed by atoms with E-state index >= 15 is 0 Å². The molecule has 0 saturated heterocycles. The molecule has 108 valence electrons. The molecule has 0 heterocycles. The van der Waals surface area contributed by atoms with Crippen LogP contribution in [0.1, 0.15) is 32.6 Å². The molecular weight excluding hydrogens is 260 g/mol. The van der Waals surface area contributed by atoms with E-state index in [0.29, 0.717) is 0 Å². The molecule has 1 nitrogen and oxygen atoms in total. The van der Waals surface area contributed by atoms with E-state index in [9.17, 15) is 0 Å². The normalized spacial score (nSPS) is 15.0. The number of hydrogen-bond donors (Lipinski definition) is 0. The number of allylic oxidation sites excluding steroid dienone is 4. The van der Waals surface area contributed by atoms with Crippen LogP contribution in [-0.4, -0.2) is 15.2 Å². The van der Waals surface area contributed by atoms with Crippen molar-refractivity contribution in [3.05, 3.63) is 47.2 Å². The van der Waals surface area contributed by atoms with Gasteiger partial charge in [-0.25, -0.2) is 0 Å². The molecule has 0 unspecified atom stereocenters. The van der Waals surface area contributed by atoms with Gasteiger partial charge in [-0.3, -0.25) is 0 Å². The molecule has 1 aliphatic rings. The average molecular weight is 286 g/mol. The summed E-state index contributed by atoms with van der Waals surface area (Å²) >= 11 is 0. The van der Waals surface area contributed by atoms with E-state index in [4.69, 9.17) is 4.74 Å². The van der Waals surface area contributed by atoms with Gasteiger partial charge in [-0.1, -0.05) is 66.7 Å². The molecule has 0 amide bonds. The van der Waals surface area contributed by atoms with Gasteiger partial charge in [-0.15, -0.1) is 0 Å². The van der Waals surface area contributed by atoms with Gasteiger partial charge >= 0.3 is 0 Å². The number of benzene rings is 1. The summed E-state index contributed by atoms with van der Waals surface area (Å²) in [6, 6.07) is 8.71. The first-order valence-electron chi connectivity index (χ1n) is 7.63. The van der Waals surface area contributed by atoms with Crippen molar-refractivity contribution < 1.29 is 4.74 Å². The van der Waals surface area contributed by atoms with Gasteiger partial charge in [0.05, 0.1) is 7.11 Å². The summed E-state index contributed by atoms with van der Waals surface area (Å²) in [5.74, 6) is 0.947. The van der Waals surface area contributed by atoms with Crippen molar-refractivity contribution >= 4 is 13.3 Å². The Labute approximate surface area is 124 Å². The summed E-state index contributed by atoms with van der Waals surface area (Å²) in [5, 5.41) is 3.22. The van der Waals surface area contributed by atoms with Crippen molar-refractivity contribution in [1.29, 1.82) is 0 Å². The van der Waals surface area contributed by atoms with Gasteiger partial charge in [0.2, 0.25) is 0 Å². The second-order valence-corrected chi connectivity index (χ2v) is 10.5. The van der Waals surface area contributed by atoms with Crippen molar-refractivity contribution in [2.75, 3.05) is 7.11 Å². The predicted octanol–water partition coefficient (Wildman–Crippen LogP) is 4.60. The maximum absolute atomic E-state index is 5.27. The molecule has 2 heteroatoms. The Bertz CT molecular complexity index is 509. The third kappa shape index (κ3) is 3.06. The van der Waals surface area contributed by atoms with Crippen LogP contribution in [0, 0.1) is 0 Å². The highest BCUT2D eigenvalue weighted by Crippen LogP contribution is 2.31. The Kier molecular flexibility index (Phi) is 4.87. The van der Waals surface area contributed by atoms with E-state index in [1.807, 2.05) is 0 Å². The van der Waals surface area contributed by atoms with E-state index in [0.717, 1.165) is 12.2 Å². The van der Waals surface area contributed by atoms with Gasteiger partial charge in [0, 0.05) is 0 Å². The van der Waals surface area contributed by atoms with E-state index < -0.39 is 8.07 Å². The molecule has 0 spiro atoms. The monoisotopic (exact) mass is 286 g/mol. The van der Waals surface area contributed by atoms with E-state index in [1.165, 1.54) is 24.4 Å². The fraction of sp³-hybridized carbons (Fsp3) is 0.444. The van der Waals surface area contributed by atoms with Crippen molar-refractivity contribution in [2.45, 2.75) is 45.7 Å². The van der Waals surface area contributed by atoms with Crippen molar-refractivity contribution in [1.82, 2.24) is 0 Å². The number of rotatable bonds is 6. The molecule has 0 bridgehead atoms. The number of unbranched alkanes of at least 4 members (excludes halogenated alkanes) is 1. The van der Waals surface area contributed by atoms with Crippen molar-refractivity contribution in [3.63, 3.8) is 0 Å². The maximum Gasteiger partial charge on any atom is 0.118 e. The van der Waals surface area contributed by atoms with E-state index in [-0.39, 0.29) is 0 Å². The number of methoxy groups -OCH3 is 1. The molecule has 0 aromatic heterocycles. The molecular formula is C18H26OSi. The summed E-state index contributed by atoms with van der Waals surface area (Å²) in [7, 11) is 0.192. The fourth-order valence-electron chi connectivity index (χ4n) is 2.99. The highest BCUT2D eigenvalue weighted by Gasteiger charge is 2.30. The van der Waals surface area contributed by atoms with E-state index in [2.05, 4.69) is 56.4 Å². The molecule has 1 aromatic carbocycles. The minimum Gasteiger partial charge on any atom is -0.497 e. The zero-order valence-corrected chi connectivity index (χ0v) is 14.2. The van der Waals surface area contributed by atoms with Gasteiger partial charge in [0.1, 0.15) is 13.8 Å².